The van der Waals surface area contributed by atoms with Gasteiger partial charge >= 0.3 is 0 Å². The van der Waals surface area contributed by atoms with Crippen molar-refractivity contribution in [3.63, 3.8) is 0 Å². The summed E-state index contributed by atoms with van der Waals surface area (Å²) in [6.07, 6.45) is 4.27. The van der Waals surface area contributed by atoms with Crippen LogP contribution in [0.3, 0.4) is 0 Å². The summed E-state index contributed by atoms with van der Waals surface area (Å²) >= 11 is 0. The van der Waals surface area contributed by atoms with Crippen molar-refractivity contribution in [2.24, 2.45) is 0 Å². The predicted octanol–water partition coefficient (Wildman–Crippen LogP) is 14.0. The molecule has 0 amide bonds. The largest absolute Gasteiger partial charge is 0.308 e. The van der Waals surface area contributed by atoms with E-state index in [1.54, 1.807) is 0 Å². The first-order valence-corrected chi connectivity index (χ1v) is 19.5. The first kappa shape index (κ1) is 31.8. The van der Waals surface area contributed by atoms with Gasteiger partial charge in [0.2, 0.25) is 5.95 Å². The third kappa shape index (κ3) is 4.62. The number of benzene rings is 9. The van der Waals surface area contributed by atoms with Gasteiger partial charge in [0, 0.05) is 54.3 Å². The molecule has 0 aliphatic carbocycles. The Hall–Kier alpha value is -7.56. The molecule has 0 saturated carbocycles. The van der Waals surface area contributed by atoms with Crippen molar-refractivity contribution in [3.8, 4) is 22.9 Å². The molecule has 12 rings (SSSR count). The van der Waals surface area contributed by atoms with E-state index in [4.69, 9.17) is 9.97 Å². The fraction of sp³-hybridized carbons (Fsp3) is 0.0189. The second-order valence-corrected chi connectivity index (χ2v) is 14.9. The van der Waals surface area contributed by atoms with Crippen molar-refractivity contribution in [2.75, 3.05) is 0 Å². The van der Waals surface area contributed by atoms with E-state index in [0.29, 0.717) is 5.95 Å². The van der Waals surface area contributed by atoms with E-state index >= 15 is 0 Å². The summed E-state index contributed by atoms with van der Waals surface area (Å²) in [7, 11) is 0. The third-order valence-corrected chi connectivity index (χ3v) is 11.7. The molecule has 0 fully saturated rings. The van der Waals surface area contributed by atoms with E-state index in [9.17, 15) is 0 Å². The fourth-order valence-corrected chi connectivity index (χ4v) is 9.33. The topological polar surface area (TPSA) is 35.6 Å². The van der Waals surface area contributed by atoms with Gasteiger partial charge in [0.25, 0.3) is 0 Å². The summed E-state index contributed by atoms with van der Waals surface area (Å²) in [5.41, 5.74) is 9.72. The number of rotatable bonds is 4. The Labute approximate surface area is 328 Å². The highest BCUT2D eigenvalue weighted by Crippen LogP contribution is 2.48. The van der Waals surface area contributed by atoms with E-state index in [2.05, 4.69) is 204 Å². The number of aromatic nitrogens is 4. The summed E-state index contributed by atoms with van der Waals surface area (Å²) in [5.74, 6) is 0.649. The Morgan fingerprint density at radius 1 is 0.439 bits per heavy atom. The highest BCUT2D eigenvalue weighted by Gasteiger charge is 2.26. The minimum atomic E-state index is 0.649. The van der Waals surface area contributed by atoms with Crippen molar-refractivity contribution < 1.29 is 0 Å². The Morgan fingerprint density at radius 3 is 1.88 bits per heavy atom. The molecule has 0 bridgehead atoms. The second-order valence-electron chi connectivity index (χ2n) is 14.9. The maximum Gasteiger partial charge on any atom is 0.235 e. The van der Waals surface area contributed by atoms with Crippen LogP contribution in [0.15, 0.2) is 182 Å². The lowest BCUT2D eigenvalue weighted by Crippen LogP contribution is -2.04. The summed E-state index contributed by atoms with van der Waals surface area (Å²) < 4.78 is 4.83. The molecule has 0 atom stereocenters. The van der Waals surface area contributed by atoms with Crippen LogP contribution in [-0.2, 0) is 0 Å². The first-order valence-electron chi connectivity index (χ1n) is 19.5. The summed E-state index contributed by atoms with van der Waals surface area (Å²) in [5, 5.41) is 13.0. The Bertz CT molecular complexity index is 3640. The average molecular weight is 727 g/mol. The smallest absolute Gasteiger partial charge is 0.235 e. The molecule has 0 aliphatic rings. The van der Waals surface area contributed by atoms with E-state index < -0.39 is 0 Å². The number of hydrogen-bond donors (Lipinski definition) is 0. The van der Waals surface area contributed by atoms with Crippen LogP contribution >= 0.6 is 0 Å². The molecule has 0 aliphatic heterocycles. The van der Waals surface area contributed by atoms with Crippen LogP contribution in [0.25, 0.3) is 116 Å². The van der Waals surface area contributed by atoms with E-state index in [1.165, 1.54) is 59.5 Å². The number of allylic oxidation sites excluding steroid dienone is 1. The van der Waals surface area contributed by atoms with E-state index in [-0.39, 0.29) is 0 Å². The molecule has 3 aromatic heterocycles. The van der Waals surface area contributed by atoms with Gasteiger partial charge in [-0.1, -0.05) is 158 Å². The SMILES string of the molecule is C/C=C/c1ccc2c3c4c5ccc6ccccc6c5n(-c5ccccc5)c4c4ccccc4c3n(-c3nc(-c4ccc5ccccc5c4)c4ccccc4n3)c2c1. The van der Waals surface area contributed by atoms with Gasteiger partial charge in [-0.15, -0.1) is 0 Å². The van der Waals surface area contributed by atoms with E-state index in [0.717, 1.165) is 49.8 Å². The van der Waals surface area contributed by atoms with Gasteiger partial charge in [-0.25, -0.2) is 9.97 Å². The monoisotopic (exact) mass is 726 g/mol. The van der Waals surface area contributed by atoms with Gasteiger partial charge in [-0.05, 0) is 59.0 Å². The number of nitrogens with zero attached hydrogens (tertiary/aromatic N) is 4. The van der Waals surface area contributed by atoms with Crippen LogP contribution < -0.4 is 0 Å². The van der Waals surface area contributed by atoms with E-state index in [1.807, 2.05) is 0 Å². The second kappa shape index (κ2) is 12.2. The van der Waals surface area contributed by atoms with Crippen LogP contribution in [-0.4, -0.2) is 19.1 Å². The molecule has 9 aromatic carbocycles. The standard InChI is InChI=1S/C53H34N4/c1-2-14-33-25-29-43-46(31-33)57(53-54-45-24-13-12-23-42(45)49(55-53)37-27-26-34-15-6-7-17-36(34)32-37)52-41-22-11-10-21-40(41)51-48(47(43)52)44-30-28-35-16-8-9-20-39(35)50(44)56(51)38-18-4-3-5-19-38/h2-32H,1H3/b14-2+. The van der Waals surface area contributed by atoms with Gasteiger partial charge in [-0.2, -0.15) is 0 Å². The molecule has 4 heteroatoms. The molecule has 0 unspecified atom stereocenters. The lowest BCUT2D eigenvalue weighted by atomic mass is 9.98. The number of fused-ring (bicyclic) bond motifs is 14. The third-order valence-electron chi connectivity index (χ3n) is 11.7. The highest BCUT2D eigenvalue weighted by atomic mass is 15.2. The number of hydrogen-bond acceptors (Lipinski definition) is 2. The summed E-state index contributed by atoms with van der Waals surface area (Å²) in [6, 6.07) is 63.5. The minimum absolute atomic E-state index is 0.649. The lowest BCUT2D eigenvalue weighted by molar-refractivity contribution is 1.02. The zero-order valence-electron chi connectivity index (χ0n) is 31.2. The van der Waals surface area contributed by atoms with Gasteiger partial charge < -0.3 is 4.57 Å². The highest BCUT2D eigenvalue weighted by molar-refractivity contribution is 6.38. The quantitative estimate of drug-likeness (QED) is 0.181. The van der Waals surface area contributed by atoms with Gasteiger partial charge in [0.15, 0.2) is 0 Å². The molecule has 0 saturated heterocycles. The summed E-state index contributed by atoms with van der Waals surface area (Å²) in [4.78, 5) is 11.0. The molecule has 0 radical (unpaired) electrons. The van der Waals surface area contributed by atoms with Crippen molar-refractivity contribution in [1.82, 2.24) is 19.1 Å². The molecular weight excluding hydrogens is 693 g/mol. The maximum absolute atomic E-state index is 5.57. The maximum atomic E-state index is 5.57. The van der Waals surface area contributed by atoms with Crippen LogP contribution in [0.1, 0.15) is 12.5 Å². The molecule has 3 heterocycles. The van der Waals surface area contributed by atoms with Crippen molar-refractivity contribution in [2.45, 2.75) is 6.92 Å². The molecule has 266 valence electrons. The predicted molar refractivity (Wildman–Crippen MR) is 241 cm³/mol. The number of para-hydroxylation sites is 2. The molecule has 57 heavy (non-hydrogen) atoms. The zero-order valence-corrected chi connectivity index (χ0v) is 31.2. The zero-order chi connectivity index (χ0) is 37.6. The minimum Gasteiger partial charge on any atom is -0.308 e. The Kier molecular flexibility index (Phi) is 6.81. The van der Waals surface area contributed by atoms with Crippen LogP contribution in [0, 0.1) is 0 Å². The van der Waals surface area contributed by atoms with Gasteiger partial charge in [0.1, 0.15) is 0 Å². The lowest BCUT2D eigenvalue weighted by Gasteiger charge is -2.14. The molecule has 12 aromatic rings. The van der Waals surface area contributed by atoms with Gasteiger partial charge in [0.05, 0.1) is 33.3 Å². The van der Waals surface area contributed by atoms with Crippen molar-refractivity contribution in [1.29, 1.82) is 0 Å². The van der Waals surface area contributed by atoms with Gasteiger partial charge in [-0.3, -0.25) is 4.57 Å². The summed E-state index contributed by atoms with van der Waals surface area (Å²) in [6.45, 7) is 2.07. The molecular formula is C53H34N4. The Balaban J connectivity index is 1.31. The Morgan fingerprint density at radius 2 is 1.07 bits per heavy atom. The van der Waals surface area contributed by atoms with Crippen molar-refractivity contribution >= 4 is 92.9 Å². The fourth-order valence-electron chi connectivity index (χ4n) is 9.33. The molecule has 0 spiro atoms. The van der Waals surface area contributed by atoms with Crippen LogP contribution in [0.4, 0.5) is 0 Å². The molecule has 0 N–H and O–H groups in total. The van der Waals surface area contributed by atoms with Crippen LogP contribution in [0.5, 0.6) is 0 Å². The average Bonchev–Trinajstić information content (AvgIpc) is 3.80. The normalized spacial score (nSPS) is 12.2. The van der Waals surface area contributed by atoms with Crippen LogP contribution in [0.2, 0.25) is 0 Å². The van der Waals surface area contributed by atoms with Crippen molar-refractivity contribution in [3.05, 3.63) is 188 Å². The molecule has 4 nitrogen and oxygen atoms in total. The first-order chi connectivity index (χ1) is 28.2.